The van der Waals surface area contributed by atoms with E-state index in [9.17, 15) is 26.4 Å². The molecule has 1 saturated heterocycles. The lowest BCUT2D eigenvalue weighted by molar-refractivity contribution is -0.140. The number of aldehydes is 1. The zero-order valence-corrected chi connectivity index (χ0v) is 13.9. The Morgan fingerprint density at radius 1 is 1.21 bits per heavy atom. The number of unbranched alkanes of at least 4 members (excludes halogenated alkanes) is 1. The molecule has 1 fully saturated rings. The van der Waals surface area contributed by atoms with Gasteiger partial charge in [-0.2, -0.15) is 17.5 Å². The smallest absolute Gasteiger partial charge is 0.303 e. The largest absolute Gasteiger partial charge is 0.417 e. The number of sulfonamides is 1. The minimum absolute atomic E-state index is 0.209. The summed E-state index contributed by atoms with van der Waals surface area (Å²) in [5.41, 5.74) is -1.14. The van der Waals surface area contributed by atoms with Crippen molar-refractivity contribution < 1.29 is 26.4 Å². The molecule has 134 valence electrons. The van der Waals surface area contributed by atoms with Gasteiger partial charge in [0, 0.05) is 19.0 Å². The molecule has 1 aromatic carbocycles. The lowest BCUT2D eigenvalue weighted by Crippen LogP contribution is -2.44. The van der Waals surface area contributed by atoms with E-state index in [1.54, 1.807) is 0 Å². The summed E-state index contributed by atoms with van der Waals surface area (Å²) in [5.74, 6) is 0. The number of hydrogen-bond donors (Lipinski definition) is 0. The molecule has 1 atom stereocenters. The van der Waals surface area contributed by atoms with Crippen LogP contribution in [0.1, 0.15) is 44.1 Å². The van der Waals surface area contributed by atoms with Gasteiger partial charge in [-0.05, 0) is 37.8 Å². The Balaban J connectivity index is 2.36. The summed E-state index contributed by atoms with van der Waals surface area (Å²) < 4.78 is 66.4. The van der Waals surface area contributed by atoms with E-state index in [0.29, 0.717) is 32.1 Å². The topological polar surface area (TPSA) is 54.5 Å². The predicted molar refractivity (Wildman–Crippen MR) is 82.9 cm³/mol. The van der Waals surface area contributed by atoms with Crippen LogP contribution >= 0.6 is 0 Å². The van der Waals surface area contributed by atoms with Crippen molar-refractivity contribution in [3.05, 3.63) is 29.8 Å². The van der Waals surface area contributed by atoms with Gasteiger partial charge in [0.05, 0.1) is 10.5 Å². The van der Waals surface area contributed by atoms with Crippen molar-refractivity contribution in [2.45, 2.75) is 55.6 Å². The maximum absolute atomic E-state index is 13.2. The van der Waals surface area contributed by atoms with Gasteiger partial charge in [0.1, 0.15) is 6.29 Å². The lowest BCUT2D eigenvalue weighted by Gasteiger charge is -2.35. The quantitative estimate of drug-likeness (QED) is 0.573. The van der Waals surface area contributed by atoms with Crippen molar-refractivity contribution in [2.24, 2.45) is 0 Å². The van der Waals surface area contributed by atoms with Crippen molar-refractivity contribution in [2.75, 3.05) is 6.54 Å². The fraction of sp³-hybridized carbons (Fsp3) is 0.562. The van der Waals surface area contributed by atoms with E-state index in [1.165, 1.54) is 16.4 Å². The van der Waals surface area contributed by atoms with Crippen molar-refractivity contribution in [3.8, 4) is 0 Å². The summed E-state index contributed by atoms with van der Waals surface area (Å²) in [5, 5.41) is 0. The summed E-state index contributed by atoms with van der Waals surface area (Å²) in [6.45, 7) is 0.209. The van der Waals surface area contributed by atoms with Crippen LogP contribution in [-0.4, -0.2) is 31.6 Å². The zero-order valence-electron chi connectivity index (χ0n) is 13.1. The van der Waals surface area contributed by atoms with Gasteiger partial charge in [-0.3, -0.25) is 0 Å². The Morgan fingerprint density at radius 3 is 2.58 bits per heavy atom. The summed E-state index contributed by atoms with van der Waals surface area (Å²) in [4.78, 5) is 9.75. The van der Waals surface area contributed by atoms with Gasteiger partial charge >= 0.3 is 6.18 Å². The van der Waals surface area contributed by atoms with Crippen LogP contribution in [0.3, 0.4) is 0 Å². The monoisotopic (exact) mass is 363 g/mol. The molecule has 0 spiro atoms. The molecular formula is C16H20F3NO3S. The first kappa shape index (κ1) is 18.9. The maximum atomic E-state index is 13.2. The molecule has 0 bridgehead atoms. The van der Waals surface area contributed by atoms with Crippen molar-refractivity contribution in [1.29, 1.82) is 0 Å². The predicted octanol–water partition coefficient (Wildman–Crippen LogP) is 3.62. The highest BCUT2D eigenvalue weighted by molar-refractivity contribution is 7.89. The molecule has 1 aliphatic rings. The number of carbonyl (C=O) groups excluding carboxylic acids is 1. The normalized spacial score (nSPS) is 20.0. The van der Waals surface area contributed by atoms with Crippen LogP contribution in [-0.2, 0) is 21.0 Å². The second-order valence-electron chi connectivity index (χ2n) is 5.86. The molecule has 1 aliphatic heterocycles. The highest BCUT2D eigenvalue weighted by atomic mass is 32.2. The van der Waals surface area contributed by atoms with Gasteiger partial charge in [-0.1, -0.05) is 18.6 Å². The van der Waals surface area contributed by atoms with E-state index in [1.807, 2.05) is 0 Å². The second-order valence-corrected chi connectivity index (χ2v) is 7.72. The molecule has 1 unspecified atom stereocenters. The van der Waals surface area contributed by atoms with Gasteiger partial charge < -0.3 is 4.79 Å². The third kappa shape index (κ3) is 4.16. The van der Waals surface area contributed by atoms with Crippen LogP contribution in [0.5, 0.6) is 0 Å². The number of nitrogens with zero attached hydrogens (tertiary/aromatic N) is 1. The minimum atomic E-state index is -4.73. The Morgan fingerprint density at radius 2 is 1.92 bits per heavy atom. The number of alkyl halides is 3. The van der Waals surface area contributed by atoms with E-state index < -0.39 is 26.7 Å². The minimum Gasteiger partial charge on any atom is -0.303 e. The third-order valence-corrected chi connectivity index (χ3v) is 6.22. The molecule has 1 aromatic rings. The van der Waals surface area contributed by atoms with E-state index in [4.69, 9.17) is 0 Å². The van der Waals surface area contributed by atoms with Gasteiger partial charge in [-0.25, -0.2) is 8.42 Å². The van der Waals surface area contributed by atoms with Gasteiger partial charge in [0.25, 0.3) is 0 Å². The van der Waals surface area contributed by atoms with Crippen molar-refractivity contribution in [3.63, 3.8) is 0 Å². The van der Waals surface area contributed by atoms with E-state index >= 15 is 0 Å². The molecule has 8 heteroatoms. The van der Waals surface area contributed by atoms with Crippen LogP contribution in [0.25, 0.3) is 0 Å². The Bertz CT molecular complexity index is 673. The highest BCUT2D eigenvalue weighted by Crippen LogP contribution is 2.37. The van der Waals surface area contributed by atoms with E-state index in [0.717, 1.165) is 24.8 Å². The zero-order chi connectivity index (χ0) is 17.8. The van der Waals surface area contributed by atoms with Crippen LogP contribution in [0.15, 0.2) is 29.2 Å². The Hall–Kier alpha value is -1.41. The maximum Gasteiger partial charge on any atom is 0.417 e. The first-order valence-corrected chi connectivity index (χ1v) is 9.34. The summed E-state index contributed by atoms with van der Waals surface area (Å²) in [6.07, 6.45) is -0.577. The van der Waals surface area contributed by atoms with Crippen molar-refractivity contribution in [1.82, 2.24) is 4.31 Å². The molecule has 0 aromatic heterocycles. The van der Waals surface area contributed by atoms with Crippen LogP contribution in [0, 0.1) is 0 Å². The van der Waals surface area contributed by atoms with Crippen molar-refractivity contribution >= 4 is 16.3 Å². The van der Waals surface area contributed by atoms with Gasteiger partial charge in [-0.15, -0.1) is 0 Å². The molecule has 0 aliphatic carbocycles. The third-order valence-electron chi connectivity index (χ3n) is 4.21. The fourth-order valence-electron chi connectivity index (χ4n) is 3.07. The van der Waals surface area contributed by atoms with Crippen LogP contribution in [0.4, 0.5) is 13.2 Å². The molecule has 24 heavy (non-hydrogen) atoms. The second kappa shape index (κ2) is 7.65. The molecule has 1 heterocycles. The summed E-state index contributed by atoms with van der Waals surface area (Å²) >= 11 is 0. The van der Waals surface area contributed by atoms with E-state index in [2.05, 4.69) is 0 Å². The SMILES string of the molecule is O=CCCCC1CCCCN1S(=O)(=O)c1ccccc1C(F)(F)F. The lowest BCUT2D eigenvalue weighted by atomic mass is 10.00. The number of carbonyl (C=O) groups is 1. The number of hydrogen-bond acceptors (Lipinski definition) is 3. The van der Waals surface area contributed by atoms with E-state index in [-0.39, 0.29) is 12.6 Å². The summed E-state index contributed by atoms with van der Waals surface area (Å²) in [7, 11) is -4.24. The molecule has 0 N–H and O–H groups in total. The average molecular weight is 363 g/mol. The van der Waals surface area contributed by atoms with Crippen LogP contribution < -0.4 is 0 Å². The van der Waals surface area contributed by atoms with Gasteiger partial charge in [0.15, 0.2) is 0 Å². The van der Waals surface area contributed by atoms with Gasteiger partial charge in [0.2, 0.25) is 10.0 Å². The number of benzene rings is 1. The Kier molecular flexibility index (Phi) is 6.03. The fourth-order valence-corrected chi connectivity index (χ4v) is 5.01. The molecule has 2 rings (SSSR count). The molecular weight excluding hydrogens is 343 g/mol. The highest BCUT2D eigenvalue weighted by Gasteiger charge is 2.40. The molecule has 4 nitrogen and oxygen atoms in total. The van der Waals surface area contributed by atoms with Crippen LogP contribution in [0.2, 0.25) is 0 Å². The first-order chi connectivity index (χ1) is 11.3. The number of rotatable bonds is 6. The first-order valence-electron chi connectivity index (χ1n) is 7.90. The molecule has 0 amide bonds. The number of piperidine rings is 1. The number of halogens is 3. The molecule has 0 saturated carbocycles. The molecule has 0 radical (unpaired) electrons. The standard InChI is InChI=1S/C16H20F3NO3S/c17-16(18,19)14-9-1-2-10-15(14)24(22,23)20-11-5-3-7-13(20)8-4-6-12-21/h1-2,9-10,12-13H,3-8,11H2. The average Bonchev–Trinajstić information content (AvgIpc) is 2.55. The Labute approximate surface area is 139 Å². The summed E-state index contributed by atoms with van der Waals surface area (Å²) in [6, 6.07) is 3.92.